The van der Waals surface area contributed by atoms with Gasteiger partial charge in [-0.15, -0.1) is 0 Å². The first-order valence-corrected chi connectivity index (χ1v) is 6.55. The van der Waals surface area contributed by atoms with Gasteiger partial charge in [0.25, 0.3) is 5.88 Å². The Balaban J connectivity index is 1.79. The lowest BCUT2D eigenvalue weighted by atomic mass is 10.1. The highest BCUT2D eigenvalue weighted by Crippen LogP contribution is 2.44. The second kappa shape index (κ2) is 5.35. The van der Waals surface area contributed by atoms with Gasteiger partial charge in [-0.25, -0.2) is 4.98 Å². The van der Waals surface area contributed by atoms with E-state index in [1.54, 1.807) is 0 Å². The molecule has 1 aliphatic rings. The van der Waals surface area contributed by atoms with Crippen LogP contribution in [-0.2, 0) is 0 Å². The molecule has 0 saturated heterocycles. The molecular formula is C14H14N4O3. The number of benzene rings is 1. The van der Waals surface area contributed by atoms with Gasteiger partial charge in [-0.05, 0) is 12.0 Å². The largest absolute Gasteiger partial charge is 0.476 e. The van der Waals surface area contributed by atoms with Crippen molar-refractivity contribution in [1.29, 1.82) is 0 Å². The van der Waals surface area contributed by atoms with Crippen LogP contribution in [0.15, 0.2) is 36.7 Å². The summed E-state index contributed by atoms with van der Waals surface area (Å²) in [5.74, 6) is 0.524. The van der Waals surface area contributed by atoms with Crippen molar-refractivity contribution >= 4 is 11.5 Å². The van der Waals surface area contributed by atoms with Crippen molar-refractivity contribution in [2.24, 2.45) is 0 Å². The Labute approximate surface area is 121 Å². The molecule has 1 heterocycles. The normalized spacial score (nSPS) is 19.9. The number of hydrogen-bond donors (Lipinski definition) is 1. The van der Waals surface area contributed by atoms with Gasteiger partial charge in [-0.3, -0.25) is 10.1 Å². The van der Waals surface area contributed by atoms with Gasteiger partial charge in [0.05, 0.1) is 12.0 Å². The molecule has 2 unspecified atom stereocenters. The first kappa shape index (κ1) is 13.3. The van der Waals surface area contributed by atoms with Gasteiger partial charge in [0, 0.05) is 12.0 Å². The zero-order valence-corrected chi connectivity index (χ0v) is 11.4. The monoisotopic (exact) mass is 286 g/mol. The van der Waals surface area contributed by atoms with E-state index in [0.717, 1.165) is 6.42 Å². The minimum Gasteiger partial charge on any atom is -0.476 e. The summed E-state index contributed by atoms with van der Waals surface area (Å²) >= 11 is 0. The molecular weight excluding hydrogens is 272 g/mol. The van der Waals surface area contributed by atoms with Crippen molar-refractivity contribution < 1.29 is 9.66 Å². The van der Waals surface area contributed by atoms with Crippen LogP contribution in [0.25, 0.3) is 0 Å². The minimum atomic E-state index is -0.527. The second-order valence-electron chi connectivity index (χ2n) is 4.84. The number of anilines is 1. The third-order valence-electron chi connectivity index (χ3n) is 3.50. The zero-order chi connectivity index (χ0) is 14.8. The Kier molecular flexibility index (Phi) is 3.39. The van der Waals surface area contributed by atoms with E-state index < -0.39 is 4.92 Å². The van der Waals surface area contributed by atoms with Crippen LogP contribution >= 0.6 is 0 Å². The Morgan fingerprint density at radius 1 is 1.33 bits per heavy atom. The average Bonchev–Trinajstić information content (AvgIpc) is 3.26. The summed E-state index contributed by atoms with van der Waals surface area (Å²) in [5.41, 5.74) is 0.998. The maximum absolute atomic E-state index is 11.2. The predicted octanol–water partition coefficient (Wildman–Crippen LogP) is 2.36. The summed E-state index contributed by atoms with van der Waals surface area (Å²) in [4.78, 5) is 18.4. The van der Waals surface area contributed by atoms with Crippen LogP contribution < -0.4 is 10.1 Å². The first-order chi connectivity index (χ1) is 10.2. The minimum absolute atomic E-state index is 0.0330. The van der Waals surface area contributed by atoms with Crippen LogP contribution in [0.1, 0.15) is 17.9 Å². The van der Waals surface area contributed by atoms with Crippen molar-refractivity contribution in [3.63, 3.8) is 0 Å². The lowest BCUT2D eigenvalue weighted by Crippen LogP contribution is -2.10. The molecule has 108 valence electrons. The molecule has 1 saturated carbocycles. The number of hydrogen-bond acceptors (Lipinski definition) is 6. The van der Waals surface area contributed by atoms with E-state index >= 15 is 0 Å². The number of ether oxygens (including phenoxy) is 1. The summed E-state index contributed by atoms with van der Waals surface area (Å²) in [6.07, 6.45) is 2.18. The lowest BCUT2D eigenvalue weighted by Gasteiger charge is -2.07. The van der Waals surface area contributed by atoms with Crippen LogP contribution in [0.5, 0.6) is 5.88 Å². The number of methoxy groups -OCH3 is 1. The summed E-state index contributed by atoms with van der Waals surface area (Å²) in [6, 6.07) is 10.2. The van der Waals surface area contributed by atoms with E-state index in [9.17, 15) is 10.1 Å². The Morgan fingerprint density at radius 2 is 2.10 bits per heavy atom. The molecule has 0 amide bonds. The van der Waals surface area contributed by atoms with Crippen LogP contribution in [0.2, 0.25) is 0 Å². The topological polar surface area (TPSA) is 90.2 Å². The first-order valence-electron chi connectivity index (χ1n) is 6.55. The highest BCUT2D eigenvalue weighted by atomic mass is 16.6. The molecule has 1 N–H and O–H groups in total. The fraction of sp³-hybridized carbons (Fsp3) is 0.286. The van der Waals surface area contributed by atoms with E-state index in [2.05, 4.69) is 27.4 Å². The van der Waals surface area contributed by atoms with Gasteiger partial charge < -0.3 is 10.1 Å². The van der Waals surface area contributed by atoms with Gasteiger partial charge in [0.2, 0.25) is 5.82 Å². The van der Waals surface area contributed by atoms with Crippen molar-refractivity contribution in [1.82, 2.24) is 9.97 Å². The standard InChI is InChI=1S/C14H14N4O3/c1-21-14-12(18(19)20)13(15-8-16-14)17-11-7-10(11)9-5-3-2-4-6-9/h2-6,8,10-11H,7H2,1H3,(H,15,16,17). The zero-order valence-electron chi connectivity index (χ0n) is 11.4. The number of nitrogens with one attached hydrogen (secondary N) is 1. The second-order valence-corrected chi connectivity index (χ2v) is 4.84. The highest BCUT2D eigenvalue weighted by Gasteiger charge is 2.40. The molecule has 0 bridgehead atoms. The van der Waals surface area contributed by atoms with E-state index in [1.165, 1.54) is 19.0 Å². The van der Waals surface area contributed by atoms with E-state index in [0.29, 0.717) is 5.92 Å². The quantitative estimate of drug-likeness (QED) is 0.670. The number of nitro groups is 1. The molecule has 7 nitrogen and oxygen atoms in total. The fourth-order valence-corrected chi connectivity index (χ4v) is 2.38. The van der Waals surface area contributed by atoms with Crippen LogP contribution in [-0.4, -0.2) is 28.0 Å². The molecule has 0 spiro atoms. The Hall–Kier alpha value is -2.70. The van der Waals surface area contributed by atoms with E-state index in [-0.39, 0.29) is 23.4 Å². The molecule has 2 atom stereocenters. The average molecular weight is 286 g/mol. The smallest absolute Gasteiger partial charge is 0.372 e. The predicted molar refractivity (Wildman–Crippen MR) is 76.4 cm³/mol. The summed E-state index contributed by atoms with van der Waals surface area (Å²) < 4.78 is 4.93. The van der Waals surface area contributed by atoms with Crippen molar-refractivity contribution in [2.45, 2.75) is 18.4 Å². The molecule has 0 radical (unpaired) electrons. The number of rotatable bonds is 5. The molecule has 1 aromatic carbocycles. The van der Waals surface area contributed by atoms with Crippen LogP contribution in [0.4, 0.5) is 11.5 Å². The van der Waals surface area contributed by atoms with Gasteiger partial charge in [-0.1, -0.05) is 30.3 Å². The third-order valence-corrected chi connectivity index (χ3v) is 3.50. The van der Waals surface area contributed by atoms with Gasteiger partial charge in [0.15, 0.2) is 0 Å². The third kappa shape index (κ3) is 2.62. The van der Waals surface area contributed by atoms with Gasteiger partial charge >= 0.3 is 5.69 Å². The molecule has 1 aliphatic carbocycles. The van der Waals surface area contributed by atoms with Crippen molar-refractivity contribution in [3.8, 4) is 5.88 Å². The van der Waals surface area contributed by atoms with Crippen molar-refractivity contribution in [3.05, 3.63) is 52.3 Å². The maximum atomic E-state index is 11.2. The summed E-state index contributed by atoms with van der Waals surface area (Å²) in [7, 11) is 1.35. The Morgan fingerprint density at radius 3 is 2.76 bits per heavy atom. The molecule has 3 rings (SSSR count). The van der Waals surface area contributed by atoms with Crippen LogP contribution in [0, 0.1) is 10.1 Å². The summed E-state index contributed by atoms with van der Waals surface area (Å²) in [6.45, 7) is 0. The maximum Gasteiger partial charge on any atom is 0.372 e. The van der Waals surface area contributed by atoms with Gasteiger partial charge in [0.1, 0.15) is 6.33 Å². The Bertz CT molecular complexity index is 663. The molecule has 7 heteroatoms. The fourth-order valence-electron chi connectivity index (χ4n) is 2.38. The molecule has 0 aliphatic heterocycles. The molecule has 21 heavy (non-hydrogen) atoms. The van der Waals surface area contributed by atoms with E-state index in [4.69, 9.17) is 4.74 Å². The lowest BCUT2D eigenvalue weighted by molar-refractivity contribution is -0.385. The number of aromatic nitrogens is 2. The number of nitrogens with zero attached hydrogens (tertiary/aromatic N) is 3. The van der Waals surface area contributed by atoms with Crippen LogP contribution in [0.3, 0.4) is 0 Å². The molecule has 2 aromatic rings. The summed E-state index contributed by atoms with van der Waals surface area (Å²) in [5, 5.41) is 14.3. The highest BCUT2D eigenvalue weighted by molar-refractivity contribution is 5.62. The van der Waals surface area contributed by atoms with E-state index in [1.807, 2.05) is 18.2 Å². The van der Waals surface area contributed by atoms with Gasteiger partial charge in [-0.2, -0.15) is 4.98 Å². The SMILES string of the molecule is COc1ncnc(NC2CC2c2ccccc2)c1[N+](=O)[O-]. The molecule has 1 fully saturated rings. The molecule has 1 aromatic heterocycles. The van der Waals surface area contributed by atoms with Crippen molar-refractivity contribution in [2.75, 3.05) is 12.4 Å².